The third-order valence-corrected chi connectivity index (χ3v) is 11.8. The Morgan fingerprint density at radius 3 is 1.80 bits per heavy atom. The third-order valence-electron chi connectivity index (χ3n) is 11.8. The van der Waals surface area contributed by atoms with Gasteiger partial charge in [0.25, 0.3) is 0 Å². The van der Waals surface area contributed by atoms with E-state index in [4.69, 9.17) is 20.9 Å². The van der Waals surface area contributed by atoms with Gasteiger partial charge in [0.1, 0.15) is 0 Å². The quantitative estimate of drug-likeness (QED) is 0.0667. The monoisotopic (exact) mass is 798 g/mol. The Morgan fingerprint density at radius 2 is 1.27 bits per heavy atom. The molecule has 2 rings (SSSR count). The summed E-state index contributed by atoms with van der Waals surface area (Å²) in [5.41, 5.74) is 13.6. The molecule has 56 heavy (non-hydrogen) atoms. The van der Waals surface area contributed by atoms with Crippen LogP contribution in [-0.2, 0) is 9.47 Å². The van der Waals surface area contributed by atoms with E-state index in [9.17, 15) is 0 Å². The summed E-state index contributed by atoms with van der Waals surface area (Å²) < 4.78 is 13.5. The number of nitrogens with one attached hydrogen (secondary N) is 3. The lowest BCUT2D eigenvalue weighted by Gasteiger charge is -2.39. The number of nitrogens with two attached hydrogens (primary N) is 2. The first-order chi connectivity index (χ1) is 26.7. The summed E-state index contributed by atoms with van der Waals surface area (Å²) in [6, 6.07) is 0.183. The van der Waals surface area contributed by atoms with Crippen molar-refractivity contribution in [2.24, 2.45) is 34.6 Å². The molecule has 0 aromatic rings. The van der Waals surface area contributed by atoms with Crippen molar-refractivity contribution < 1.29 is 9.47 Å². The molecular formula is C45H99N9O2. The summed E-state index contributed by atoms with van der Waals surface area (Å²) in [5, 5.41) is 10.3. The van der Waals surface area contributed by atoms with Crippen LogP contribution in [-0.4, -0.2) is 175 Å². The second kappa shape index (κ2) is 31.4. The predicted molar refractivity (Wildman–Crippen MR) is 243 cm³/mol. The largest absolute Gasteiger partial charge is 0.380 e. The highest BCUT2D eigenvalue weighted by Crippen LogP contribution is 2.34. The molecule has 0 amide bonds. The maximum absolute atomic E-state index is 6.83. The summed E-state index contributed by atoms with van der Waals surface area (Å²) in [7, 11) is 2.01. The lowest BCUT2D eigenvalue weighted by Crippen LogP contribution is -2.48. The Kier molecular flexibility index (Phi) is 30.1. The first kappa shape index (κ1) is 53.6. The molecule has 0 saturated carbocycles. The second-order valence-corrected chi connectivity index (χ2v) is 18.9. The zero-order valence-corrected chi connectivity index (χ0v) is 39.2. The van der Waals surface area contributed by atoms with E-state index in [0.717, 1.165) is 137 Å². The van der Waals surface area contributed by atoms with Crippen molar-refractivity contribution >= 4 is 0 Å². The molecule has 2 aliphatic heterocycles. The first-order valence-corrected chi connectivity index (χ1v) is 23.4. The van der Waals surface area contributed by atoms with Crippen molar-refractivity contribution in [1.29, 1.82) is 0 Å². The van der Waals surface area contributed by atoms with Crippen molar-refractivity contribution in [2.75, 3.05) is 138 Å². The first-order valence-electron chi connectivity index (χ1n) is 23.4. The van der Waals surface area contributed by atoms with Crippen molar-refractivity contribution in [3.63, 3.8) is 0 Å². The van der Waals surface area contributed by atoms with Crippen LogP contribution in [0.1, 0.15) is 114 Å². The van der Waals surface area contributed by atoms with Gasteiger partial charge in [-0.2, -0.15) is 0 Å². The van der Waals surface area contributed by atoms with Crippen LogP contribution in [0.4, 0.5) is 0 Å². The number of hydrogen-bond donors (Lipinski definition) is 5. The van der Waals surface area contributed by atoms with Gasteiger partial charge >= 0.3 is 0 Å². The lowest BCUT2D eigenvalue weighted by molar-refractivity contribution is -0.0484. The fourth-order valence-corrected chi connectivity index (χ4v) is 8.24. The van der Waals surface area contributed by atoms with Gasteiger partial charge in [0.05, 0.1) is 26.4 Å². The number of piperazine rings is 2. The highest BCUT2D eigenvalue weighted by atomic mass is 16.5. The topological polar surface area (TPSA) is 120 Å². The van der Waals surface area contributed by atoms with E-state index in [-0.39, 0.29) is 23.0 Å². The molecule has 2 saturated heterocycles. The van der Waals surface area contributed by atoms with Gasteiger partial charge in [-0.05, 0) is 90.8 Å². The molecule has 0 spiro atoms. The maximum atomic E-state index is 6.83. The van der Waals surface area contributed by atoms with Crippen LogP contribution in [0, 0.1) is 23.2 Å². The van der Waals surface area contributed by atoms with Crippen LogP contribution >= 0.6 is 0 Å². The van der Waals surface area contributed by atoms with E-state index in [1.807, 2.05) is 20.9 Å². The third kappa shape index (κ3) is 25.2. The molecule has 11 heteroatoms. The molecule has 5 unspecified atom stereocenters. The molecule has 336 valence electrons. The Balaban J connectivity index is 0.00000771. The number of nitrogens with zero attached hydrogens (tertiary/aromatic N) is 4. The Bertz CT molecular complexity index is 863. The van der Waals surface area contributed by atoms with Crippen molar-refractivity contribution in [1.82, 2.24) is 35.6 Å². The van der Waals surface area contributed by atoms with Crippen LogP contribution in [0.15, 0.2) is 0 Å². The van der Waals surface area contributed by atoms with Gasteiger partial charge < -0.3 is 46.7 Å². The highest BCUT2D eigenvalue weighted by Gasteiger charge is 2.32. The molecule has 0 radical (unpaired) electrons. The minimum Gasteiger partial charge on any atom is -0.380 e. The average molecular weight is 798 g/mol. The van der Waals surface area contributed by atoms with E-state index in [1.165, 1.54) is 25.8 Å². The number of likely N-dealkylation sites (N-methyl/N-ethyl adjacent to an activating group) is 2. The van der Waals surface area contributed by atoms with E-state index in [1.54, 1.807) is 0 Å². The van der Waals surface area contributed by atoms with Gasteiger partial charge in [0, 0.05) is 115 Å². The van der Waals surface area contributed by atoms with Gasteiger partial charge in [-0.3, -0.25) is 9.80 Å². The minimum atomic E-state index is -0.0547. The summed E-state index contributed by atoms with van der Waals surface area (Å²) in [5.74, 6) is 1.83. The lowest BCUT2D eigenvalue weighted by atomic mass is 9.78. The normalized spacial score (nSPS) is 19.5. The molecule has 0 aromatic heterocycles. The minimum absolute atomic E-state index is 0.0128. The van der Waals surface area contributed by atoms with Gasteiger partial charge in [-0.15, -0.1) is 0 Å². The fraction of sp³-hybridized carbons (Fsp3) is 1.00. The van der Waals surface area contributed by atoms with Crippen molar-refractivity contribution in [2.45, 2.75) is 132 Å². The second-order valence-electron chi connectivity index (χ2n) is 18.9. The van der Waals surface area contributed by atoms with E-state index >= 15 is 0 Å². The molecule has 11 nitrogen and oxygen atoms in total. The molecular weight excluding hydrogens is 699 g/mol. The van der Waals surface area contributed by atoms with Crippen LogP contribution in [0.25, 0.3) is 0 Å². The zero-order valence-electron chi connectivity index (χ0n) is 39.2. The fourth-order valence-electron chi connectivity index (χ4n) is 8.24. The van der Waals surface area contributed by atoms with E-state index < -0.39 is 0 Å². The van der Waals surface area contributed by atoms with Gasteiger partial charge in [-0.1, -0.05) is 61.3 Å². The van der Waals surface area contributed by atoms with Crippen molar-refractivity contribution in [3.05, 3.63) is 0 Å². The SMILES string of the molecule is CC.CCN(CCNC)CC(N)COCC(CCCC(C)CN1CCNCC1)(CCCC(N)CN1CCNCC1)COCC(C)CN(CCC(C)C)C(C)(C)C. The molecule has 7 N–H and O–H groups in total. The molecule has 2 heterocycles. The summed E-state index contributed by atoms with van der Waals surface area (Å²) in [6.07, 6.45) is 7.97. The number of ether oxygens (including phenoxy) is 2. The maximum Gasteiger partial charge on any atom is 0.0630 e. The molecule has 2 aliphatic rings. The van der Waals surface area contributed by atoms with E-state index in [0.29, 0.717) is 31.0 Å². The van der Waals surface area contributed by atoms with Gasteiger partial charge in [0.2, 0.25) is 0 Å². The Hall–Kier alpha value is -0.440. The van der Waals surface area contributed by atoms with Crippen molar-refractivity contribution in [3.8, 4) is 0 Å². The standard InChI is InChI=1S/C43H93N9O2.C2H6/c1-10-49(24-18-46-9)32-41(45)34-54-36-43(16-11-13-38(4)29-50-25-19-47-20-26-50,17-12-14-40(44)31-51-27-21-48-22-28-51)35-53-33-39(5)30-52(42(6,7)8)23-15-37(2)3;1-2/h37-41,46-48H,10-36,44-45H2,1-9H3;1-2H3. The zero-order chi connectivity index (χ0) is 41.8. The smallest absolute Gasteiger partial charge is 0.0630 e. The Morgan fingerprint density at radius 1 is 0.714 bits per heavy atom. The molecule has 5 atom stereocenters. The molecule has 0 aliphatic carbocycles. The van der Waals surface area contributed by atoms with Crippen LogP contribution in [0.3, 0.4) is 0 Å². The Labute approximate surface area is 348 Å². The van der Waals surface area contributed by atoms with Crippen LogP contribution in [0.2, 0.25) is 0 Å². The number of rotatable bonds is 31. The highest BCUT2D eigenvalue weighted by molar-refractivity contribution is 4.84. The predicted octanol–water partition coefficient (Wildman–Crippen LogP) is 4.80. The van der Waals surface area contributed by atoms with Crippen LogP contribution in [0.5, 0.6) is 0 Å². The summed E-state index contributed by atoms with van der Waals surface area (Å²) in [6.45, 7) is 42.6. The summed E-state index contributed by atoms with van der Waals surface area (Å²) in [4.78, 5) is 10.3. The van der Waals surface area contributed by atoms with E-state index in [2.05, 4.69) is 90.9 Å². The average Bonchev–Trinajstić information content (AvgIpc) is 3.16. The van der Waals surface area contributed by atoms with Gasteiger partial charge in [0.15, 0.2) is 0 Å². The summed E-state index contributed by atoms with van der Waals surface area (Å²) >= 11 is 0. The number of hydrogen-bond acceptors (Lipinski definition) is 11. The molecule has 0 bridgehead atoms. The molecule has 2 fully saturated rings. The molecule has 0 aromatic carbocycles. The van der Waals surface area contributed by atoms with Crippen LogP contribution < -0.4 is 27.4 Å². The van der Waals surface area contributed by atoms with Gasteiger partial charge in [-0.25, -0.2) is 0 Å².